The second-order valence-electron chi connectivity index (χ2n) is 3.09. The van der Waals surface area contributed by atoms with Gasteiger partial charge < -0.3 is 4.74 Å². The van der Waals surface area contributed by atoms with Gasteiger partial charge in [-0.05, 0) is 31.5 Å². The minimum atomic E-state index is -0.347. The molecular weight excluding hydrogens is 279 g/mol. The number of ether oxygens (including phenoxy) is 1. The molecule has 0 fully saturated rings. The van der Waals surface area contributed by atoms with Crippen LogP contribution in [0.15, 0.2) is 18.2 Å². The van der Waals surface area contributed by atoms with Crippen molar-refractivity contribution in [1.82, 2.24) is 0 Å². The van der Waals surface area contributed by atoms with E-state index in [0.29, 0.717) is 11.6 Å². The summed E-state index contributed by atoms with van der Waals surface area (Å²) in [5, 5.41) is 0.540. The first-order valence-corrected chi connectivity index (χ1v) is 5.92. The molecule has 1 aromatic carbocycles. The molecule has 0 aliphatic rings. The van der Waals surface area contributed by atoms with Gasteiger partial charge in [0.1, 0.15) is 11.5 Å². The van der Waals surface area contributed by atoms with E-state index in [9.17, 15) is 4.79 Å². The van der Waals surface area contributed by atoms with E-state index in [4.69, 9.17) is 16.3 Å². The van der Waals surface area contributed by atoms with Gasteiger partial charge in [-0.3, -0.25) is 4.79 Å². The fraction of sp³-hybridized carbons (Fsp3) is 0.364. The Hall–Kier alpha value is -0.540. The maximum atomic E-state index is 11.2. The summed E-state index contributed by atoms with van der Waals surface area (Å²) in [6, 6.07) is 5.33. The number of halogens is 2. The van der Waals surface area contributed by atoms with Crippen LogP contribution in [0.4, 0.5) is 0 Å². The maximum absolute atomic E-state index is 11.2. The van der Waals surface area contributed by atoms with Crippen molar-refractivity contribution in [3.8, 4) is 5.75 Å². The van der Waals surface area contributed by atoms with Crippen LogP contribution in [0.5, 0.6) is 5.75 Å². The van der Waals surface area contributed by atoms with Crippen molar-refractivity contribution in [1.29, 1.82) is 0 Å². The molecule has 1 rings (SSSR count). The number of Topliss-reactive ketones (excluding diaryl/α,β-unsaturated/α-hetero) is 1. The number of alkyl halides is 1. The van der Waals surface area contributed by atoms with Gasteiger partial charge in [0.25, 0.3) is 0 Å². The van der Waals surface area contributed by atoms with Crippen molar-refractivity contribution in [3.05, 3.63) is 28.8 Å². The summed E-state index contributed by atoms with van der Waals surface area (Å²) in [5.74, 6) is 0.746. The maximum Gasteiger partial charge on any atom is 0.147 e. The minimum Gasteiger partial charge on any atom is -0.494 e. The lowest BCUT2D eigenvalue weighted by atomic mass is 10.1. The zero-order chi connectivity index (χ0) is 11.4. The third-order valence-corrected chi connectivity index (χ3v) is 3.38. The molecule has 15 heavy (non-hydrogen) atoms. The van der Waals surface area contributed by atoms with Crippen LogP contribution in [-0.4, -0.2) is 12.4 Å². The average Bonchev–Trinajstić information content (AvgIpc) is 2.17. The standard InChI is InChI=1S/C11H12BrClO2/c1-3-15-8-4-5-9(10(13)6-8)11(12)7(2)14/h4-6,11H,3H2,1-2H3. The van der Waals surface area contributed by atoms with Crippen LogP contribution < -0.4 is 4.74 Å². The Morgan fingerprint density at radius 2 is 2.27 bits per heavy atom. The molecule has 2 nitrogen and oxygen atoms in total. The average molecular weight is 292 g/mol. The molecule has 0 aliphatic carbocycles. The normalized spacial score (nSPS) is 12.3. The van der Waals surface area contributed by atoms with Crippen LogP contribution in [0, 0.1) is 0 Å². The summed E-state index contributed by atoms with van der Waals surface area (Å²) >= 11 is 9.33. The molecule has 82 valence electrons. The van der Waals surface area contributed by atoms with Gasteiger partial charge in [-0.1, -0.05) is 33.6 Å². The summed E-state index contributed by atoms with van der Waals surface area (Å²) in [4.78, 5) is 10.8. The molecule has 0 spiro atoms. The van der Waals surface area contributed by atoms with Crippen molar-refractivity contribution in [2.24, 2.45) is 0 Å². The molecular formula is C11H12BrClO2. The highest BCUT2D eigenvalue weighted by molar-refractivity contribution is 9.09. The Kier molecular flexibility index (Phi) is 4.61. The number of carbonyl (C=O) groups is 1. The lowest BCUT2D eigenvalue weighted by molar-refractivity contribution is -0.116. The van der Waals surface area contributed by atoms with E-state index in [1.807, 2.05) is 13.0 Å². The molecule has 0 aliphatic heterocycles. The van der Waals surface area contributed by atoms with Crippen LogP contribution in [0.25, 0.3) is 0 Å². The Bertz CT molecular complexity index is 366. The Morgan fingerprint density at radius 3 is 2.73 bits per heavy atom. The van der Waals surface area contributed by atoms with Crippen LogP contribution in [-0.2, 0) is 4.79 Å². The first kappa shape index (κ1) is 12.5. The molecule has 0 bridgehead atoms. The highest BCUT2D eigenvalue weighted by Crippen LogP contribution is 2.32. The van der Waals surface area contributed by atoms with Gasteiger partial charge in [-0.2, -0.15) is 0 Å². The molecule has 4 heteroatoms. The summed E-state index contributed by atoms with van der Waals surface area (Å²) in [6.07, 6.45) is 0. The highest BCUT2D eigenvalue weighted by Gasteiger charge is 2.16. The molecule has 0 saturated carbocycles. The van der Waals surface area contributed by atoms with Gasteiger partial charge in [-0.25, -0.2) is 0 Å². The third kappa shape index (κ3) is 3.21. The molecule has 1 aromatic rings. The summed E-state index contributed by atoms with van der Waals surface area (Å²) < 4.78 is 5.30. The number of carbonyl (C=O) groups excluding carboxylic acids is 1. The zero-order valence-corrected chi connectivity index (χ0v) is 10.9. The number of rotatable bonds is 4. The molecule has 1 unspecified atom stereocenters. The van der Waals surface area contributed by atoms with Gasteiger partial charge in [0.15, 0.2) is 0 Å². The number of hydrogen-bond acceptors (Lipinski definition) is 2. The molecule has 0 amide bonds. The second-order valence-corrected chi connectivity index (χ2v) is 4.41. The molecule has 0 aromatic heterocycles. The van der Waals surface area contributed by atoms with Gasteiger partial charge in [0.2, 0.25) is 0 Å². The molecule has 0 radical (unpaired) electrons. The second kappa shape index (κ2) is 5.52. The van der Waals surface area contributed by atoms with Gasteiger partial charge >= 0.3 is 0 Å². The fourth-order valence-corrected chi connectivity index (χ4v) is 2.00. The van der Waals surface area contributed by atoms with E-state index >= 15 is 0 Å². The van der Waals surface area contributed by atoms with Crippen LogP contribution in [0.3, 0.4) is 0 Å². The van der Waals surface area contributed by atoms with Gasteiger partial charge in [-0.15, -0.1) is 0 Å². The van der Waals surface area contributed by atoms with E-state index in [0.717, 1.165) is 11.3 Å². The van der Waals surface area contributed by atoms with E-state index < -0.39 is 0 Å². The van der Waals surface area contributed by atoms with E-state index in [1.165, 1.54) is 6.92 Å². The molecule has 0 saturated heterocycles. The molecule has 1 atom stereocenters. The van der Waals surface area contributed by atoms with Crippen LogP contribution >= 0.6 is 27.5 Å². The Labute approximate surface area is 103 Å². The predicted octanol–water partition coefficient (Wildman–Crippen LogP) is 3.76. The highest BCUT2D eigenvalue weighted by atomic mass is 79.9. The topological polar surface area (TPSA) is 26.3 Å². The number of benzene rings is 1. The Morgan fingerprint density at radius 1 is 1.60 bits per heavy atom. The van der Waals surface area contributed by atoms with Gasteiger partial charge in [0.05, 0.1) is 11.4 Å². The Balaban J connectivity index is 2.97. The first-order chi connectivity index (χ1) is 7.06. The molecule has 0 heterocycles. The van der Waals surface area contributed by atoms with Crippen LogP contribution in [0.1, 0.15) is 24.2 Å². The SMILES string of the molecule is CCOc1ccc(C(Br)C(C)=O)c(Cl)c1. The van der Waals surface area contributed by atoms with Crippen LogP contribution in [0.2, 0.25) is 5.02 Å². The van der Waals surface area contributed by atoms with Crippen molar-refractivity contribution in [2.75, 3.05) is 6.61 Å². The van der Waals surface area contributed by atoms with E-state index in [-0.39, 0.29) is 10.6 Å². The van der Waals surface area contributed by atoms with Crippen molar-refractivity contribution >= 4 is 33.3 Å². The van der Waals surface area contributed by atoms with E-state index in [2.05, 4.69) is 15.9 Å². The van der Waals surface area contributed by atoms with Crippen molar-refractivity contribution in [2.45, 2.75) is 18.7 Å². The largest absolute Gasteiger partial charge is 0.494 e. The quantitative estimate of drug-likeness (QED) is 0.790. The van der Waals surface area contributed by atoms with Crippen molar-refractivity contribution in [3.63, 3.8) is 0 Å². The third-order valence-electron chi connectivity index (χ3n) is 1.91. The smallest absolute Gasteiger partial charge is 0.147 e. The number of ketones is 1. The number of hydrogen-bond donors (Lipinski definition) is 0. The van der Waals surface area contributed by atoms with E-state index in [1.54, 1.807) is 12.1 Å². The summed E-state index contributed by atoms with van der Waals surface area (Å²) in [5.41, 5.74) is 0.771. The molecule has 0 N–H and O–H groups in total. The van der Waals surface area contributed by atoms with Gasteiger partial charge in [0, 0.05) is 5.02 Å². The summed E-state index contributed by atoms with van der Waals surface area (Å²) in [7, 11) is 0. The fourth-order valence-electron chi connectivity index (χ4n) is 1.19. The monoisotopic (exact) mass is 290 g/mol. The summed E-state index contributed by atoms with van der Waals surface area (Å²) in [6.45, 7) is 4.02. The minimum absolute atomic E-state index is 0.0288. The lowest BCUT2D eigenvalue weighted by Crippen LogP contribution is -2.02. The lowest BCUT2D eigenvalue weighted by Gasteiger charge is -2.10. The predicted molar refractivity (Wildman–Crippen MR) is 65.0 cm³/mol. The first-order valence-electron chi connectivity index (χ1n) is 4.63. The zero-order valence-electron chi connectivity index (χ0n) is 8.59. The van der Waals surface area contributed by atoms with Crippen molar-refractivity contribution < 1.29 is 9.53 Å².